The lowest BCUT2D eigenvalue weighted by atomic mass is 10.1. The predicted molar refractivity (Wildman–Crippen MR) is 103 cm³/mol. The highest BCUT2D eigenvalue weighted by Crippen LogP contribution is 2.18. The van der Waals surface area contributed by atoms with Crippen molar-refractivity contribution < 1.29 is 9.47 Å². The van der Waals surface area contributed by atoms with Crippen molar-refractivity contribution in [1.82, 2.24) is 4.57 Å². The molecule has 0 aliphatic carbocycles. The van der Waals surface area contributed by atoms with Crippen LogP contribution < -0.4 is 4.74 Å². The van der Waals surface area contributed by atoms with E-state index in [-0.39, 0.29) is 6.04 Å². The number of nitrogens with zero attached hydrogens (tertiary/aromatic N) is 2. The van der Waals surface area contributed by atoms with E-state index < -0.39 is 0 Å². The van der Waals surface area contributed by atoms with Crippen LogP contribution in [0.25, 0.3) is 0 Å². The SMILES string of the molecule is COc1ccc(Cn2cccc2C2=NC(Cc3ccccc3)CO2)cc1. The summed E-state index contributed by atoms with van der Waals surface area (Å²) in [7, 11) is 1.68. The molecule has 0 spiro atoms. The molecule has 0 saturated heterocycles. The number of hydrogen-bond acceptors (Lipinski definition) is 3. The molecule has 1 aromatic heterocycles. The zero-order valence-electron chi connectivity index (χ0n) is 14.8. The highest BCUT2D eigenvalue weighted by atomic mass is 16.5. The van der Waals surface area contributed by atoms with Crippen LogP contribution in [0.4, 0.5) is 0 Å². The summed E-state index contributed by atoms with van der Waals surface area (Å²) in [5.41, 5.74) is 3.53. The lowest BCUT2D eigenvalue weighted by Gasteiger charge is -2.09. The molecule has 1 atom stereocenters. The van der Waals surface area contributed by atoms with Gasteiger partial charge >= 0.3 is 0 Å². The molecule has 1 aliphatic rings. The van der Waals surface area contributed by atoms with Gasteiger partial charge in [0.2, 0.25) is 5.90 Å². The number of benzene rings is 2. The third kappa shape index (κ3) is 3.64. The Balaban J connectivity index is 1.48. The van der Waals surface area contributed by atoms with Crippen molar-refractivity contribution in [2.24, 2.45) is 4.99 Å². The van der Waals surface area contributed by atoms with Crippen molar-refractivity contribution >= 4 is 5.90 Å². The summed E-state index contributed by atoms with van der Waals surface area (Å²) in [4.78, 5) is 4.81. The molecule has 0 radical (unpaired) electrons. The van der Waals surface area contributed by atoms with Gasteiger partial charge in [0.1, 0.15) is 18.1 Å². The molecule has 4 rings (SSSR count). The van der Waals surface area contributed by atoms with Gasteiger partial charge < -0.3 is 14.0 Å². The van der Waals surface area contributed by atoms with E-state index in [9.17, 15) is 0 Å². The summed E-state index contributed by atoms with van der Waals surface area (Å²) in [6, 6.07) is 22.9. The van der Waals surface area contributed by atoms with Crippen LogP contribution >= 0.6 is 0 Å². The Morgan fingerprint density at radius 1 is 1.00 bits per heavy atom. The van der Waals surface area contributed by atoms with Gasteiger partial charge in [0.15, 0.2) is 0 Å². The zero-order valence-corrected chi connectivity index (χ0v) is 14.8. The fourth-order valence-electron chi connectivity index (χ4n) is 3.22. The average molecular weight is 346 g/mol. The first kappa shape index (κ1) is 16.5. The molecule has 0 N–H and O–H groups in total. The zero-order chi connectivity index (χ0) is 17.8. The van der Waals surface area contributed by atoms with Crippen LogP contribution in [0.5, 0.6) is 5.75 Å². The molecule has 3 aromatic rings. The second-order valence-electron chi connectivity index (χ2n) is 6.46. The maximum Gasteiger partial charge on any atom is 0.233 e. The molecular formula is C22H22N2O2. The Labute approximate surface area is 153 Å². The van der Waals surface area contributed by atoms with Crippen molar-refractivity contribution in [3.63, 3.8) is 0 Å². The minimum atomic E-state index is 0.178. The van der Waals surface area contributed by atoms with Crippen LogP contribution in [0, 0.1) is 0 Å². The minimum Gasteiger partial charge on any atom is -0.497 e. The Hall–Kier alpha value is -3.01. The quantitative estimate of drug-likeness (QED) is 0.678. The summed E-state index contributed by atoms with van der Waals surface area (Å²) in [6.07, 6.45) is 2.97. The lowest BCUT2D eigenvalue weighted by molar-refractivity contribution is 0.315. The summed E-state index contributed by atoms with van der Waals surface area (Å²) < 4.78 is 13.3. The van der Waals surface area contributed by atoms with E-state index in [4.69, 9.17) is 14.5 Å². The van der Waals surface area contributed by atoms with E-state index in [0.717, 1.165) is 30.3 Å². The van der Waals surface area contributed by atoms with Gasteiger partial charge in [-0.1, -0.05) is 42.5 Å². The second kappa shape index (κ2) is 7.48. The van der Waals surface area contributed by atoms with E-state index in [1.165, 1.54) is 11.1 Å². The van der Waals surface area contributed by atoms with Crippen LogP contribution in [0.1, 0.15) is 16.8 Å². The van der Waals surface area contributed by atoms with Crippen LogP contribution in [0.15, 0.2) is 77.9 Å². The van der Waals surface area contributed by atoms with E-state index in [1.54, 1.807) is 7.11 Å². The van der Waals surface area contributed by atoms with E-state index in [0.29, 0.717) is 6.61 Å². The maximum absolute atomic E-state index is 5.91. The van der Waals surface area contributed by atoms with Gasteiger partial charge in [-0.25, -0.2) is 4.99 Å². The van der Waals surface area contributed by atoms with Crippen molar-refractivity contribution in [1.29, 1.82) is 0 Å². The van der Waals surface area contributed by atoms with Gasteiger partial charge in [0.05, 0.1) is 13.2 Å². The molecular weight excluding hydrogens is 324 g/mol. The maximum atomic E-state index is 5.91. The Kier molecular flexibility index (Phi) is 4.73. The molecule has 4 heteroatoms. The molecule has 2 aromatic carbocycles. The van der Waals surface area contributed by atoms with Crippen molar-refractivity contribution in [2.45, 2.75) is 19.0 Å². The number of methoxy groups -OCH3 is 1. The normalized spacial score (nSPS) is 16.2. The first-order valence-corrected chi connectivity index (χ1v) is 8.85. The van der Waals surface area contributed by atoms with Gasteiger partial charge in [0.25, 0.3) is 0 Å². The van der Waals surface area contributed by atoms with E-state index in [2.05, 4.69) is 53.2 Å². The Bertz CT molecular complexity index is 882. The Morgan fingerprint density at radius 2 is 1.81 bits per heavy atom. The summed E-state index contributed by atoms with van der Waals surface area (Å²) in [5.74, 6) is 1.61. The fraction of sp³-hybridized carbons (Fsp3) is 0.227. The van der Waals surface area contributed by atoms with Gasteiger partial charge in [-0.3, -0.25) is 0 Å². The van der Waals surface area contributed by atoms with Crippen molar-refractivity contribution in [3.8, 4) is 5.75 Å². The number of ether oxygens (including phenoxy) is 2. The lowest BCUT2D eigenvalue weighted by Crippen LogP contribution is -2.11. The third-order valence-corrected chi connectivity index (χ3v) is 4.59. The van der Waals surface area contributed by atoms with Crippen molar-refractivity contribution in [2.75, 3.05) is 13.7 Å². The molecule has 2 heterocycles. The monoisotopic (exact) mass is 346 g/mol. The average Bonchev–Trinajstić information content (AvgIpc) is 3.32. The molecule has 0 saturated carbocycles. The number of hydrogen-bond donors (Lipinski definition) is 0. The summed E-state index contributed by atoms with van der Waals surface area (Å²) >= 11 is 0. The summed E-state index contributed by atoms with van der Waals surface area (Å²) in [6.45, 7) is 1.41. The topological polar surface area (TPSA) is 35.8 Å². The second-order valence-corrected chi connectivity index (χ2v) is 6.46. The van der Waals surface area contributed by atoms with Crippen LogP contribution in [-0.2, 0) is 17.7 Å². The molecule has 0 fully saturated rings. The van der Waals surface area contributed by atoms with Gasteiger partial charge in [-0.2, -0.15) is 0 Å². The number of rotatable bonds is 6. The van der Waals surface area contributed by atoms with Crippen LogP contribution in [0.3, 0.4) is 0 Å². The molecule has 0 amide bonds. The van der Waals surface area contributed by atoms with E-state index >= 15 is 0 Å². The first-order chi connectivity index (χ1) is 12.8. The standard InChI is InChI=1S/C22H22N2O2/c1-25-20-11-9-18(10-12-20)15-24-13-5-8-21(24)22-23-19(16-26-22)14-17-6-3-2-4-7-17/h2-13,19H,14-16H2,1H3. The van der Waals surface area contributed by atoms with Gasteiger partial charge in [-0.15, -0.1) is 0 Å². The molecule has 132 valence electrons. The van der Waals surface area contributed by atoms with Crippen molar-refractivity contribution in [3.05, 3.63) is 89.7 Å². The van der Waals surface area contributed by atoms with Gasteiger partial charge in [0, 0.05) is 12.7 Å². The molecule has 1 aliphatic heterocycles. The summed E-state index contributed by atoms with van der Waals surface area (Å²) in [5, 5.41) is 0. The number of aromatic nitrogens is 1. The first-order valence-electron chi connectivity index (χ1n) is 8.85. The van der Waals surface area contributed by atoms with Crippen LogP contribution in [0.2, 0.25) is 0 Å². The Morgan fingerprint density at radius 3 is 2.58 bits per heavy atom. The third-order valence-electron chi connectivity index (χ3n) is 4.59. The van der Waals surface area contributed by atoms with E-state index in [1.807, 2.05) is 24.3 Å². The highest BCUT2D eigenvalue weighted by molar-refractivity contribution is 5.93. The molecule has 0 bridgehead atoms. The molecule has 26 heavy (non-hydrogen) atoms. The minimum absolute atomic E-state index is 0.178. The van der Waals surface area contributed by atoms with Gasteiger partial charge in [-0.05, 0) is 41.8 Å². The fourth-order valence-corrected chi connectivity index (χ4v) is 3.22. The number of aliphatic imine (C=N–C) groups is 1. The molecule has 1 unspecified atom stereocenters. The predicted octanol–water partition coefficient (Wildman–Crippen LogP) is 3.93. The van der Waals surface area contributed by atoms with Crippen LogP contribution in [-0.4, -0.2) is 30.2 Å². The smallest absolute Gasteiger partial charge is 0.233 e. The highest BCUT2D eigenvalue weighted by Gasteiger charge is 2.22. The largest absolute Gasteiger partial charge is 0.497 e. The molecule has 4 nitrogen and oxygen atoms in total.